The minimum Gasteiger partial charge on any atom is -0.478 e. The molecule has 0 bridgehead atoms. The molecule has 0 fully saturated rings. The summed E-state index contributed by atoms with van der Waals surface area (Å²) in [6, 6.07) is 1.88. The molecular weight excluding hydrogens is 130 g/mol. The molecule has 0 rings (SSSR count). The van der Waals surface area contributed by atoms with E-state index >= 15 is 0 Å². The van der Waals surface area contributed by atoms with Gasteiger partial charge in [0.25, 0.3) is 0 Å². The third-order valence-corrected chi connectivity index (χ3v) is 1.13. The number of nitriles is 1. The Morgan fingerprint density at radius 3 is 2.70 bits per heavy atom. The van der Waals surface area contributed by atoms with Crippen molar-refractivity contribution in [2.75, 3.05) is 0 Å². The molecule has 0 atom stereocenters. The Morgan fingerprint density at radius 2 is 2.40 bits per heavy atom. The average Bonchev–Trinajstić information content (AvgIpc) is 1.89. The summed E-state index contributed by atoms with van der Waals surface area (Å²) in [6.45, 7) is 1.65. The van der Waals surface area contributed by atoms with Crippen LogP contribution in [0.2, 0.25) is 0 Å². The number of carboxylic acids is 1. The van der Waals surface area contributed by atoms with Gasteiger partial charge in [-0.25, -0.2) is 4.79 Å². The lowest BCUT2D eigenvalue weighted by Gasteiger charge is -1.94. The van der Waals surface area contributed by atoms with E-state index < -0.39 is 5.97 Å². The van der Waals surface area contributed by atoms with Gasteiger partial charge in [-0.05, 0) is 13.3 Å². The molecule has 0 spiro atoms. The molecular formula is C7H9NO2. The molecule has 0 saturated carbocycles. The molecule has 54 valence electrons. The van der Waals surface area contributed by atoms with Crippen molar-refractivity contribution in [1.29, 1.82) is 5.26 Å². The molecule has 0 aromatic heterocycles. The van der Waals surface area contributed by atoms with Crippen LogP contribution >= 0.6 is 0 Å². The van der Waals surface area contributed by atoms with Crippen molar-refractivity contribution in [2.24, 2.45) is 0 Å². The Labute approximate surface area is 59.6 Å². The zero-order valence-corrected chi connectivity index (χ0v) is 5.79. The lowest BCUT2D eigenvalue weighted by molar-refractivity contribution is -0.132. The standard InChI is InChI=1S/C7H9NO2/c1-2-6(7(9)10)4-3-5-8/h2H,3-4H2,1H3,(H,9,10)/b6-2+. The molecule has 3 nitrogen and oxygen atoms in total. The molecule has 0 aromatic rings. The molecule has 0 aliphatic carbocycles. The fourth-order valence-corrected chi connectivity index (χ4v) is 0.565. The summed E-state index contributed by atoms with van der Waals surface area (Å²) >= 11 is 0. The fourth-order valence-electron chi connectivity index (χ4n) is 0.565. The van der Waals surface area contributed by atoms with E-state index in [1.165, 1.54) is 6.08 Å². The van der Waals surface area contributed by atoms with E-state index in [1.54, 1.807) is 6.92 Å². The maximum atomic E-state index is 10.3. The molecule has 1 N–H and O–H groups in total. The van der Waals surface area contributed by atoms with Crippen LogP contribution in [0.5, 0.6) is 0 Å². The number of aliphatic carboxylic acids is 1. The van der Waals surface area contributed by atoms with E-state index in [0.29, 0.717) is 12.0 Å². The van der Waals surface area contributed by atoms with Gasteiger partial charge in [-0.1, -0.05) is 6.08 Å². The predicted octanol–water partition coefficient (Wildman–Crippen LogP) is 1.32. The van der Waals surface area contributed by atoms with Gasteiger partial charge >= 0.3 is 5.97 Å². The third kappa shape index (κ3) is 2.88. The number of carbonyl (C=O) groups is 1. The molecule has 0 heterocycles. The number of nitrogens with zero attached hydrogens (tertiary/aromatic N) is 1. The monoisotopic (exact) mass is 139 g/mol. The van der Waals surface area contributed by atoms with Gasteiger partial charge in [-0.3, -0.25) is 0 Å². The molecule has 0 saturated heterocycles. The zero-order chi connectivity index (χ0) is 7.98. The molecule has 0 aliphatic heterocycles. The van der Waals surface area contributed by atoms with Crippen LogP contribution in [0.3, 0.4) is 0 Å². The molecule has 3 heteroatoms. The van der Waals surface area contributed by atoms with Crippen molar-refractivity contribution in [3.63, 3.8) is 0 Å². The Kier molecular flexibility index (Phi) is 3.97. The summed E-state index contributed by atoms with van der Waals surface area (Å²) in [5.74, 6) is -0.933. The second-order valence-electron chi connectivity index (χ2n) is 1.78. The SMILES string of the molecule is C/C=C(\CCC#N)C(=O)O. The highest BCUT2D eigenvalue weighted by Crippen LogP contribution is 2.03. The number of hydrogen-bond acceptors (Lipinski definition) is 2. The topological polar surface area (TPSA) is 61.1 Å². The largest absolute Gasteiger partial charge is 0.478 e. The molecule has 10 heavy (non-hydrogen) atoms. The van der Waals surface area contributed by atoms with E-state index in [0.717, 1.165) is 0 Å². The van der Waals surface area contributed by atoms with Crippen molar-refractivity contribution < 1.29 is 9.90 Å². The smallest absolute Gasteiger partial charge is 0.331 e. The fraction of sp³-hybridized carbons (Fsp3) is 0.429. The van der Waals surface area contributed by atoms with Gasteiger partial charge in [-0.2, -0.15) is 5.26 Å². The van der Waals surface area contributed by atoms with Gasteiger partial charge in [0.1, 0.15) is 0 Å². The minimum absolute atomic E-state index is 0.270. The Balaban J connectivity index is 3.89. The average molecular weight is 139 g/mol. The number of rotatable bonds is 3. The second kappa shape index (κ2) is 4.57. The van der Waals surface area contributed by atoms with Gasteiger partial charge in [-0.15, -0.1) is 0 Å². The quantitative estimate of drug-likeness (QED) is 0.600. The van der Waals surface area contributed by atoms with E-state index in [9.17, 15) is 4.79 Å². The lowest BCUT2D eigenvalue weighted by atomic mass is 10.1. The van der Waals surface area contributed by atoms with E-state index in [2.05, 4.69) is 0 Å². The van der Waals surface area contributed by atoms with Crippen molar-refractivity contribution >= 4 is 5.97 Å². The molecule has 0 aliphatic rings. The first-order valence-corrected chi connectivity index (χ1v) is 2.97. The van der Waals surface area contributed by atoms with Crippen LogP contribution in [-0.2, 0) is 4.79 Å². The number of carboxylic acid groups (broad SMARTS) is 1. The van der Waals surface area contributed by atoms with E-state index in [-0.39, 0.29) is 6.42 Å². The first-order valence-electron chi connectivity index (χ1n) is 2.97. The van der Waals surface area contributed by atoms with Gasteiger partial charge in [0, 0.05) is 12.0 Å². The van der Waals surface area contributed by atoms with Crippen LogP contribution in [-0.4, -0.2) is 11.1 Å². The normalized spacial score (nSPS) is 10.6. The van der Waals surface area contributed by atoms with Crippen LogP contribution in [0.15, 0.2) is 11.6 Å². The summed E-state index contributed by atoms with van der Waals surface area (Å²) < 4.78 is 0. The van der Waals surface area contributed by atoms with Crippen LogP contribution in [0.1, 0.15) is 19.8 Å². The number of allylic oxidation sites excluding steroid dienone is 1. The van der Waals surface area contributed by atoms with E-state index in [4.69, 9.17) is 10.4 Å². The molecule has 0 radical (unpaired) electrons. The maximum Gasteiger partial charge on any atom is 0.331 e. The highest BCUT2D eigenvalue weighted by molar-refractivity contribution is 5.86. The molecule has 0 amide bonds. The van der Waals surface area contributed by atoms with Crippen molar-refractivity contribution in [2.45, 2.75) is 19.8 Å². The van der Waals surface area contributed by atoms with Crippen molar-refractivity contribution in [3.8, 4) is 6.07 Å². The van der Waals surface area contributed by atoms with Gasteiger partial charge < -0.3 is 5.11 Å². The van der Waals surface area contributed by atoms with Gasteiger partial charge in [0.05, 0.1) is 6.07 Å². The maximum absolute atomic E-state index is 10.3. The third-order valence-electron chi connectivity index (χ3n) is 1.13. The van der Waals surface area contributed by atoms with Crippen LogP contribution in [0.25, 0.3) is 0 Å². The summed E-state index contributed by atoms with van der Waals surface area (Å²) in [5, 5.41) is 16.5. The molecule has 0 unspecified atom stereocenters. The van der Waals surface area contributed by atoms with Crippen molar-refractivity contribution in [3.05, 3.63) is 11.6 Å². The Hall–Kier alpha value is -1.30. The summed E-state index contributed by atoms with van der Waals surface area (Å²) in [5.41, 5.74) is 0.307. The van der Waals surface area contributed by atoms with Crippen LogP contribution < -0.4 is 0 Å². The highest BCUT2D eigenvalue weighted by atomic mass is 16.4. The Bertz CT molecular complexity index is 188. The second-order valence-corrected chi connectivity index (χ2v) is 1.78. The predicted molar refractivity (Wildman–Crippen MR) is 36.2 cm³/mol. The van der Waals surface area contributed by atoms with Crippen molar-refractivity contribution in [1.82, 2.24) is 0 Å². The first kappa shape index (κ1) is 8.70. The lowest BCUT2D eigenvalue weighted by Crippen LogP contribution is -1.99. The summed E-state index contributed by atoms with van der Waals surface area (Å²) in [4.78, 5) is 10.3. The zero-order valence-electron chi connectivity index (χ0n) is 5.79. The van der Waals surface area contributed by atoms with E-state index in [1.807, 2.05) is 6.07 Å². The van der Waals surface area contributed by atoms with Crippen LogP contribution in [0.4, 0.5) is 0 Å². The minimum atomic E-state index is -0.933. The van der Waals surface area contributed by atoms with Crippen LogP contribution in [0, 0.1) is 11.3 Å². The van der Waals surface area contributed by atoms with Gasteiger partial charge in [0.2, 0.25) is 0 Å². The number of hydrogen-bond donors (Lipinski definition) is 1. The first-order chi connectivity index (χ1) is 4.72. The summed E-state index contributed by atoms with van der Waals surface area (Å²) in [6.07, 6.45) is 2.12. The van der Waals surface area contributed by atoms with Gasteiger partial charge in [0.15, 0.2) is 0 Å². The molecule has 0 aromatic carbocycles. The Morgan fingerprint density at radius 1 is 1.80 bits per heavy atom. The summed E-state index contributed by atoms with van der Waals surface area (Å²) in [7, 11) is 0. The highest BCUT2D eigenvalue weighted by Gasteiger charge is 2.03.